The van der Waals surface area contributed by atoms with E-state index in [-0.39, 0.29) is 17.2 Å². The van der Waals surface area contributed by atoms with Crippen LogP contribution in [-0.2, 0) is 34.0 Å². The molecule has 1 amide bonds. The molecule has 1 spiro atoms. The van der Waals surface area contributed by atoms with E-state index in [0.29, 0.717) is 13.0 Å². The molecule has 0 radical (unpaired) electrons. The summed E-state index contributed by atoms with van der Waals surface area (Å²) in [6, 6.07) is 6.97. The monoisotopic (exact) mass is 404 g/mol. The topological polar surface area (TPSA) is 57.7 Å². The molecule has 2 saturated heterocycles. The Bertz CT molecular complexity index is 851. The van der Waals surface area contributed by atoms with E-state index in [4.69, 9.17) is 0 Å². The number of hydrogen-bond acceptors (Lipinski definition) is 4. The van der Waals surface area contributed by atoms with E-state index in [1.807, 2.05) is 4.90 Å². The van der Waals surface area contributed by atoms with Gasteiger partial charge in [-0.1, -0.05) is 18.2 Å². The number of carbonyl (C=O) groups excluding carboxylic acids is 1. The number of carbonyl (C=O) groups is 1. The van der Waals surface area contributed by atoms with Crippen LogP contribution in [0.25, 0.3) is 0 Å². The van der Waals surface area contributed by atoms with Crippen LogP contribution in [-0.4, -0.2) is 61.3 Å². The Labute approximate surface area is 169 Å². The van der Waals surface area contributed by atoms with Crippen molar-refractivity contribution in [3.63, 3.8) is 0 Å². The zero-order valence-corrected chi connectivity index (χ0v) is 17.8. The first-order valence-corrected chi connectivity index (χ1v) is 12.7. The molecule has 2 aliphatic heterocycles. The second-order valence-electron chi connectivity index (χ2n) is 8.99. The Kier molecular flexibility index (Phi) is 5.53. The molecular formula is C22H32N2O3S. The number of likely N-dealkylation sites (tertiary alicyclic amines) is 2. The maximum Gasteiger partial charge on any atom is 0.223 e. The Morgan fingerprint density at radius 2 is 1.82 bits per heavy atom. The van der Waals surface area contributed by atoms with E-state index >= 15 is 0 Å². The smallest absolute Gasteiger partial charge is 0.223 e. The van der Waals surface area contributed by atoms with Gasteiger partial charge in [0.1, 0.15) is 9.84 Å². The highest BCUT2D eigenvalue weighted by molar-refractivity contribution is 7.90. The van der Waals surface area contributed by atoms with Crippen LogP contribution in [0.4, 0.5) is 0 Å². The van der Waals surface area contributed by atoms with Crippen LogP contribution in [0, 0.1) is 0 Å². The van der Waals surface area contributed by atoms with Crippen LogP contribution < -0.4 is 0 Å². The molecule has 0 bridgehead atoms. The minimum atomic E-state index is -3.06. The van der Waals surface area contributed by atoms with E-state index in [0.717, 1.165) is 45.3 Å². The summed E-state index contributed by atoms with van der Waals surface area (Å²) in [6.07, 6.45) is 9.41. The molecule has 5 nitrogen and oxygen atoms in total. The third-order valence-corrected chi connectivity index (χ3v) is 7.87. The predicted molar refractivity (Wildman–Crippen MR) is 111 cm³/mol. The second kappa shape index (κ2) is 7.79. The summed E-state index contributed by atoms with van der Waals surface area (Å²) in [4.78, 5) is 16.9. The number of sulfone groups is 1. The molecule has 1 aromatic carbocycles. The summed E-state index contributed by atoms with van der Waals surface area (Å²) in [5, 5.41) is 0. The van der Waals surface area contributed by atoms with Gasteiger partial charge in [-0.25, -0.2) is 8.42 Å². The maximum atomic E-state index is 12.5. The number of aryl methyl sites for hydroxylation is 2. The normalized spacial score (nSPS) is 26.0. The molecular weight excluding hydrogens is 372 g/mol. The number of nitrogens with zero attached hydrogens (tertiary/aromatic N) is 2. The Hall–Kier alpha value is -1.40. The van der Waals surface area contributed by atoms with E-state index in [1.54, 1.807) is 0 Å². The fraction of sp³-hybridized carbons (Fsp3) is 0.682. The number of benzene rings is 1. The second-order valence-corrected chi connectivity index (χ2v) is 11.2. The van der Waals surface area contributed by atoms with Crippen molar-refractivity contribution in [2.75, 3.05) is 31.6 Å². The Morgan fingerprint density at radius 1 is 1.00 bits per heavy atom. The van der Waals surface area contributed by atoms with Gasteiger partial charge in [0.2, 0.25) is 5.91 Å². The molecule has 1 unspecified atom stereocenters. The highest BCUT2D eigenvalue weighted by Crippen LogP contribution is 2.39. The first-order chi connectivity index (χ1) is 13.3. The van der Waals surface area contributed by atoms with E-state index in [1.165, 1.54) is 42.2 Å². The van der Waals surface area contributed by atoms with Gasteiger partial charge in [-0.3, -0.25) is 9.69 Å². The molecule has 28 heavy (non-hydrogen) atoms. The SMILES string of the molecule is CS(=O)(=O)CCN1C(=O)CCC12CCCN(Cc1ccc3c(c1)CCC3)CC2. The quantitative estimate of drug-likeness (QED) is 0.757. The van der Waals surface area contributed by atoms with Crippen LogP contribution >= 0.6 is 0 Å². The van der Waals surface area contributed by atoms with Crippen LogP contribution in [0.2, 0.25) is 0 Å². The summed E-state index contributed by atoms with van der Waals surface area (Å²) in [7, 11) is -3.06. The summed E-state index contributed by atoms with van der Waals surface area (Å²) in [5.41, 5.74) is 4.31. The molecule has 0 aromatic heterocycles. The fourth-order valence-electron chi connectivity index (χ4n) is 5.39. The van der Waals surface area contributed by atoms with E-state index in [2.05, 4.69) is 23.1 Å². The van der Waals surface area contributed by atoms with Gasteiger partial charge in [0.05, 0.1) is 5.75 Å². The van der Waals surface area contributed by atoms with Crippen molar-refractivity contribution in [3.8, 4) is 0 Å². The van der Waals surface area contributed by atoms with Crippen molar-refractivity contribution in [2.24, 2.45) is 0 Å². The van der Waals surface area contributed by atoms with Crippen molar-refractivity contribution in [1.82, 2.24) is 9.80 Å². The van der Waals surface area contributed by atoms with Gasteiger partial charge in [-0.15, -0.1) is 0 Å². The van der Waals surface area contributed by atoms with Gasteiger partial charge in [-0.05, 0) is 68.2 Å². The summed E-state index contributed by atoms with van der Waals surface area (Å²) in [5.74, 6) is 0.204. The van der Waals surface area contributed by atoms with Crippen molar-refractivity contribution >= 4 is 15.7 Å². The molecule has 6 heteroatoms. The number of amides is 1. The van der Waals surface area contributed by atoms with Crippen LogP contribution in [0.15, 0.2) is 18.2 Å². The van der Waals surface area contributed by atoms with Crippen molar-refractivity contribution in [1.29, 1.82) is 0 Å². The molecule has 1 aliphatic carbocycles. The lowest BCUT2D eigenvalue weighted by atomic mass is 9.88. The minimum Gasteiger partial charge on any atom is -0.336 e. The van der Waals surface area contributed by atoms with Gasteiger partial charge in [-0.2, -0.15) is 0 Å². The van der Waals surface area contributed by atoms with Crippen LogP contribution in [0.1, 0.15) is 55.2 Å². The molecule has 1 aromatic rings. The zero-order valence-electron chi connectivity index (χ0n) is 17.0. The molecule has 0 saturated carbocycles. The molecule has 2 heterocycles. The number of rotatable bonds is 5. The van der Waals surface area contributed by atoms with Gasteiger partial charge >= 0.3 is 0 Å². The van der Waals surface area contributed by atoms with Crippen LogP contribution in [0.5, 0.6) is 0 Å². The summed E-state index contributed by atoms with van der Waals surface area (Å²) in [6.45, 7) is 3.34. The highest BCUT2D eigenvalue weighted by Gasteiger charge is 2.45. The van der Waals surface area contributed by atoms with Crippen LogP contribution in [0.3, 0.4) is 0 Å². The van der Waals surface area contributed by atoms with Gasteiger partial charge in [0.15, 0.2) is 0 Å². The predicted octanol–water partition coefficient (Wildman–Crippen LogP) is 2.57. The largest absolute Gasteiger partial charge is 0.336 e. The van der Waals surface area contributed by atoms with E-state index in [9.17, 15) is 13.2 Å². The lowest BCUT2D eigenvalue weighted by molar-refractivity contribution is -0.131. The third-order valence-electron chi connectivity index (χ3n) is 6.94. The molecule has 1 atom stereocenters. The third kappa shape index (κ3) is 4.28. The molecule has 2 fully saturated rings. The lowest BCUT2D eigenvalue weighted by Crippen LogP contribution is -2.48. The molecule has 4 rings (SSSR count). The Balaban J connectivity index is 1.41. The lowest BCUT2D eigenvalue weighted by Gasteiger charge is -2.38. The van der Waals surface area contributed by atoms with E-state index < -0.39 is 9.84 Å². The average molecular weight is 405 g/mol. The van der Waals surface area contributed by atoms with Gasteiger partial charge in [0, 0.05) is 37.8 Å². The zero-order chi connectivity index (χ0) is 19.8. The first kappa shape index (κ1) is 19.9. The molecule has 0 N–H and O–H groups in total. The fourth-order valence-corrected chi connectivity index (χ4v) is 5.90. The van der Waals surface area contributed by atoms with Crippen molar-refractivity contribution < 1.29 is 13.2 Å². The standard InChI is InChI=1S/C22H32N2O3S/c1-28(26,27)15-14-24-21(25)8-10-22(24)9-3-12-23(13-11-22)17-18-6-7-19-4-2-5-20(19)16-18/h6-7,16H,2-5,8-15,17H2,1H3. The minimum absolute atomic E-state index is 0.0688. The number of fused-ring (bicyclic) bond motifs is 1. The number of hydrogen-bond donors (Lipinski definition) is 0. The highest BCUT2D eigenvalue weighted by atomic mass is 32.2. The molecule has 3 aliphatic rings. The summed E-state index contributed by atoms with van der Waals surface area (Å²) < 4.78 is 23.2. The molecule has 154 valence electrons. The van der Waals surface area contributed by atoms with Gasteiger partial charge in [0.25, 0.3) is 0 Å². The first-order valence-electron chi connectivity index (χ1n) is 10.7. The Morgan fingerprint density at radius 3 is 2.64 bits per heavy atom. The maximum absolute atomic E-state index is 12.5. The summed E-state index contributed by atoms with van der Waals surface area (Å²) >= 11 is 0. The van der Waals surface area contributed by atoms with Crippen molar-refractivity contribution in [3.05, 3.63) is 34.9 Å². The van der Waals surface area contributed by atoms with Gasteiger partial charge < -0.3 is 4.90 Å². The van der Waals surface area contributed by atoms with Crippen molar-refractivity contribution in [2.45, 2.75) is 63.5 Å². The average Bonchev–Trinajstić information content (AvgIpc) is 3.15.